The van der Waals surface area contributed by atoms with Crippen LogP contribution in [0.4, 0.5) is 0 Å². The zero-order valence-electron chi connectivity index (χ0n) is 3.92. The molecule has 0 rings (SSSR count). The van der Waals surface area contributed by atoms with Crippen LogP contribution in [0.2, 0.25) is 0 Å². The largest absolute Gasteiger partial charge is 0.477 e. The monoisotopic (exact) mass is 129 g/mol. The van der Waals surface area contributed by atoms with E-state index in [-0.39, 0.29) is 4.91 Å². The summed E-state index contributed by atoms with van der Waals surface area (Å²) in [5.41, 5.74) is 0. The molecule has 0 radical (unpaired) electrons. The molecule has 0 amide bonds. The Morgan fingerprint density at radius 2 is 2.38 bits per heavy atom. The quantitative estimate of drug-likeness (QED) is 0.442. The lowest BCUT2D eigenvalue weighted by molar-refractivity contribution is -0.131. The molecule has 0 saturated heterocycles. The predicted octanol–water partition coefficient (Wildman–Crippen LogP) is 0.799. The van der Waals surface area contributed by atoms with E-state index in [9.17, 15) is 4.79 Å². The second-order valence-electron chi connectivity index (χ2n) is 0.922. The van der Waals surface area contributed by atoms with E-state index in [1.165, 1.54) is 0 Å². The van der Waals surface area contributed by atoms with Crippen molar-refractivity contribution in [2.75, 3.05) is 0 Å². The topological polar surface area (TPSA) is 61.1 Å². The van der Waals surface area contributed by atoms with E-state index in [1.54, 1.807) is 5.40 Å². The number of carbonyl (C=O) groups is 1. The Kier molecular flexibility index (Phi) is 2.74. The minimum Gasteiger partial charge on any atom is -0.477 e. The van der Waals surface area contributed by atoms with Gasteiger partial charge in [0.2, 0.25) is 0 Å². The molecule has 0 aromatic heterocycles. The van der Waals surface area contributed by atoms with Gasteiger partial charge < -0.3 is 5.11 Å². The van der Waals surface area contributed by atoms with Gasteiger partial charge in [-0.15, -0.1) is 0 Å². The van der Waals surface area contributed by atoms with E-state index >= 15 is 0 Å². The minimum atomic E-state index is -1.14. The first-order valence-electron chi connectivity index (χ1n) is 1.66. The SMILES string of the molecule is C=C(SC#N)C(=O)O. The van der Waals surface area contributed by atoms with Crippen molar-refractivity contribution in [2.24, 2.45) is 0 Å². The van der Waals surface area contributed by atoms with E-state index in [4.69, 9.17) is 10.4 Å². The second kappa shape index (κ2) is 3.10. The van der Waals surface area contributed by atoms with Gasteiger partial charge in [-0.2, -0.15) is 5.26 Å². The summed E-state index contributed by atoms with van der Waals surface area (Å²) in [6.45, 7) is 3.08. The number of carboxylic acid groups (broad SMARTS) is 1. The Hall–Kier alpha value is -0.950. The maximum absolute atomic E-state index is 9.82. The first-order chi connectivity index (χ1) is 3.68. The first kappa shape index (κ1) is 7.05. The maximum Gasteiger partial charge on any atom is 0.342 e. The lowest BCUT2D eigenvalue weighted by Crippen LogP contribution is -1.92. The van der Waals surface area contributed by atoms with Crippen LogP contribution < -0.4 is 0 Å². The number of nitriles is 1. The molecule has 0 aliphatic rings. The number of hydrogen-bond acceptors (Lipinski definition) is 3. The van der Waals surface area contributed by atoms with Crippen LogP contribution >= 0.6 is 11.8 Å². The van der Waals surface area contributed by atoms with Crippen molar-refractivity contribution in [2.45, 2.75) is 0 Å². The summed E-state index contributed by atoms with van der Waals surface area (Å²) in [6.07, 6.45) is 0. The third-order valence-electron chi connectivity index (χ3n) is 0.407. The van der Waals surface area contributed by atoms with Crippen molar-refractivity contribution < 1.29 is 9.90 Å². The van der Waals surface area contributed by atoms with Crippen LogP contribution in [0.1, 0.15) is 0 Å². The number of thioether (sulfide) groups is 1. The molecule has 0 heterocycles. The third-order valence-corrected chi connectivity index (χ3v) is 0.920. The number of hydrogen-bond donors (Lipinski definition) is 1. The van der Waals surface area contributed by atoms with Crippen molar-refractivity contribution in [3.05, 3.63) is 11.5 Å². The molecule has 1 N–H and O–H groups in total. The highest BCUT2D eigenvalue weighted by Crippen LogP contribution is 2.09. The van der Waals surface area contributed by atoms with Gasteiger partial charge in [-0.05, 0) is 11.8 Å². The molecule has 0 spiro atoms. The van der Waals surface area contributed by atoms with Gasteiger partial charge in [0.1, 0.15) is 10.3 Å². The van der Waals surface area contributed by atoms with Crippen LogP contribution in [0.15, 0.2) is 11.5 Å². The van der Waals surface area contributed by atoms with Gasteiger partial charge in [0.15, 0.2) is 0 Å². The second-order valence-corrected chi connectivity index (χ2v) is 1.80. The molecule has 0 aromatic rings. The van der Waals surface area contributed by atoms with Crippen LogP contribution in [0.3, 0.4) is 0 Å². The molecule has 4 heteroatoms. The fourth-order valence-corrected chi connectivity index (χ4v) is 0.296. The van der Waals surface area contributed by atoms with E-state index in [0.717, 1.165) is 0 Å². The summed E-state index contributed by atoms with van der Waals surface area (Å²) in [5, 5.41) is 17.5. The molecule has 0 aromatic carbocycles. The molecule has 0 aliphatic heterocycles. The summed E-state index contributed by atoms with van der Waals surface area (Å²) in [4.78, 5) is 9.67. The number of thiocyanates is 1. The molecular weight excluding hydrogens is 126 g/mol. The van der Waals surface area contributed by atoms with Gasteiger partial charge in [-0.3, -0.25) is 0 Å². The molecule has 3 nitrogen and oxygen atoms in total. The fourth-order valence-electron chi connectivity index (χ4n) is 0.0988. The van der Waals surface area contributed by atoms with E-state index in [2.05, 4.69) is 6.58 Å². The molecule has 0 bridgehead atoms. The molecule has 0 aliphatic carbocycles. The first-order valence-corrected chi connectivity index (χ1v) is 2.48. The molecule has 0 unspecified atom stereocenters. The summed E-state index contributed by atoms with van der Waals surface area (Å²) in [5.74, 6) is -1.14. The van der Waals surface area contributed by atoms with Gasteiger partial charge in [0, 0.05) is 0 Å². The average Bonchev–Trinajstić information content (AvgIpc) is 1.67. The van der Waals surface area contributed by atoms with Gasteiger partial charge in [0.25, 0.3) is 0 Å². The van der Waals surface area contributed by atoms with Crippen molar-refractivity contribution in [3.8, 4) is 5.40 Å². The third kappa shape index (κ3) is 2.26. The Bertz CT molecular complexity index is 158. The molecule has 0 atom stereocenters. The smallest absolute Gasteiger partial charge is 0.342 e. The van der Waals surface area contributed by atoms with Crippen LogP contribution in [0, 0.1) is 10.7 Å². The highest BCUT2D eigenvalue weighted by molar-refractivity contribution is 8.08. The Labute approximate surface area is 50.6 Å². The average molecular weight is 129 g/mol. The van der Waals surface area contributed by atoms with Crippen LogP contribution in [0.25, 0.3) is 0 Å². The number of rotatable bonds is 2. The molecular formula is C4H3NO2S. The molecule has 0 fully saturated rings. The highest BCUT2D eigenvalue weighted by Gasteiger charge is 2.01. The van der Waals surface area contributed by atoms with Crippen molar-refractivity contribution in [1.29, 1.82) is 5.26 Å². The number of carboxylic acids is 1. The van der Waals surface area contributed by atoms with E-state index in [0.29, 0.717) is 11.8 Å². The lowest BCUT2D eigenvalue weighted by atomic mass is 10.7. The van der Waals surface area contributed by atoms with Crippen LogP contribution in [0.5, 0.6) is 0 Å². The van der Waals surface area contributed by atoms with Crippen LogP contribution in [-0.4, -0.2) is 11.1 Å². The van der Waals surface area contributed by atoms with Gasteiger partial charge in [-0.25, -0.2) is 4.79 Å². The maximum atomic E-state index is 9.82. The number of nitrogens with zero attached hydrogens (tertiary/aromatic N) is 1. The Morgan fingerprint density at radius 1 is 1.88 bits per heavy atom. The highest BCUT2D eigenvalue weighted by atomic mass is 32.2. The lowest BCUT2D eigenvalue weighted by Gasteiger charge is -1.84. The summed E-state index contributed by atoms with van der Waals surface area (Å²) in [7, 11) is 0. The number of aliphatic carboxylic acids is 1. The predicted molar refractivity (Wildman–Crippen MR) is 30.0 cm³/mol. The summed E-state index contributed by atoms with van der Waals surface area (Å²) >= 11 is 0.551. The zero-order chi connectivity index (χ0) is 6.57. The summed E-state index contributed by atoms with van der Waals surface area (Å²) < 4.78 is 0. The standard InChI is InChI=1S/C4H3NO2S/c1-3(4(6)7)8-2-5/h1H2,(H,6,7). The van der Waals surface area contributed by atoms with Crippen molar-refractivity contribution in [3.63, 3.8) is 0 Å². The van der Waals surface area contributed by atoms with Gasteiger partial charge in [-0.1, -0.05) is 6.58 Å². The van der Waals surface area contributed by atoms with E-state index in [1.807, 2.05) is 0 Å². The molecule has 42 valence electrons. The molecule has 8 heavy (non-hydrogen) atoms. The summed E-state index contributed by atoms with van der Waals surface area (Å²) in [6, 6.07) is 0. The Morgan fingerprint density at radius 3 is 2.50 bits per heavy atom. The van der Waals surface area contributed by atoms with Crippen molar-refractivity contribution in [1.82, 2.24) is 0 Å². The van der Waals surface area contributed by atoms with Crippen LogP contribution in [-0.2, 0) is 4.79 Å². The fraction of sp³-hybridized carbons (Fsp3) is 0. The van der Waals surface area contributed by atoms with Gasteiger partial charge in [0.05, 0.1) is 0 Å². The molecule has 0 saturated carbocycles. The zero-order valence-corrected chi connectivity index (χ0v) is 4.73. The Balaban J connectivity index is 3.71. The van der Waals surface area contributed by atoms with Crippen molar-refractivity contribution >= 4 is 17.7 Å². The van der Waals surface area contributed by atoms with E-state index < -0.39 is 5.97 Å². The minimum absolute atomic E-state index is 0.146. The normalized spacial score (nSPS) is 7.38. The van der Waals surface area contributed by atoms with Gasteiger partial charge >= 0.3 is 5.97 Å².